The van der Waals surface area contributed by atoms with Gasteiger partial charge in [-0.2, -0.15) is 0 Å². The molecule has 7 nitrogen and oxygen atoms in total. The summed E-state index contributed by atoms with van der Waals surface area (Å²) in [5.74, 6) is -0.922. The molecule has 0 amide bonds. The Morgan fingerprint density at radius 3 is 2.00 bits per heavy atom. The summed E-state index contributed by atoms with van der Waals surface area (Å²) in [5.41, 5.74) is 0.748. The van der Waals surface area contributed by atoms with Crippen molar-refractivity contribution in [1.82, 2.24) is 0 Å². The summed E-state index contributed by atoms with van der Waals surface area (Å²) in [6.45, 7) is 8.18. The van der Waals surface area contributed by atoms with Gasteiger partial charge < -0.3 is 18.9 Å². The molecule has 1 aliphatic rings. The predicted octanol–water partition coefficient (Wildman–Crippen LogP) is 4.66. The van der Waals surface area contributed by atoms with Crippen LogP contribution in [0.15, 0.2) is 85.6 Å². The molecule has 7 heteroatoms. The maximum absolute atomic E-state index is 11.1. The van der Waals surface area contributed by atoms with Crippen LogP contribution in [0.2, 0.25) is 0 Å². The van der Waals surface area contributed by atoms with Crippen LogP contribution in [0.5, 0.6) is 0 Å². The van der Waals surface area contributed by atoms with Crippen molar-refractivity contribution in [1.29, 1.82) is 0 Å². The van der Waals surface area contributed by atoms with Crippen LogP contribution < -0.4 is 0 Å². The van der Waals surface area contributed by atoms with E-state index in [1.54, 1.807) is 19.9 Å². The molecular weight excluding hydrogens is 410 g/mol. The summed E-state index contributed by atoms with van der Waals surface area (Å²) in [6, 6.07) is 19.3. The molecule has 0 aromatic heterocycles. The smallest absolute Gasteiger partial charge is 0.233 e. The van der Waals surface area contributed by atoms with E-state index in [2.05, 4.69) is 6.58 Å². The molecule has 3 rings (SSSR count). The minimum Gasteiger partial charge on any atom is -0.366 e. The first-order valence-electron chi connectivity index (χ1n) is 10.4. The molecule has 1 fully saturated rings. The lowest BCUT2D eigenvalue weighted by Crippen LogP contribution is -2.55. The largest absolute Gasteiger partial charge is 0.366 e. The maximum Gasteiger partial charge on any atom is 0.233 e. The number of benzene rings is 2. The van der Waals surface area contributed by atoms with Gasteiger partial charge in [-0.05, 0) is 25.0 Å². The Kier molecular flexibility index (Phi) is 7.93. The first kappa shape index (κ1) is 23.8. The number of hydrogen-bond donors (Lipinski definition) is 0. The lowest BCUT2D eigenvalue weighted by molar-refractivity contribution is -0.403. The number of nitrogens with zero attached hydrogens (tertiary/aromatic N) is 1. The van der Waals surface area contributed by atoms with Crippen LogP contribution in [-0.2, 0) is 32.2 Å². The van der Waals surface area contributed by atoms with Gasteiger partial charge in [0, 0.05) is 6.08 Å². The minimum absolute atomic E-state index is 0.118. The highest BCUT2D eigenvalue weighted by molar-refractivity contribution is 5.17. The van der Waals surface area contributed by atoms with E-state index in [9.17, 15) is 10.1 Å². The average Bonchev–Trinajstić information content (AvgIpc) is 3.11. The Bertz CT molecular complexity index is 915. The normalized spacial score (nSPS) is 21.9. The van der Waals surface area contributed by atoms with Gasteiger partial charge in [-0.15, -0.1) is 6.58 Å². The summed E-state index contributed by atoms with van der Waals surface area (Å²) in [4.78, 5) is 10.6. The van der Waals surface area contributed by atoms with Gasteiger partial charge in [0.15, 0.2) is 11.4 Å². The molecule has 1 saturated heterocycles. The van der Waals surface area contributed by atoms with E-state index >= 15 is 0 Å². The van der Waals surface area contributed by atoms with E-state index in [0.717, 1.165) is 17.3 Å². The average molecular weight is 440 g/mol. The van der Waals surface area contributed by atoms with Gasteiger partial charge in [0.1, 0.15) is 12.2 Å². The molecule has 0 saturated carbocycles. The van der Waals surface area contributed by atoms with E-state index in [4.69, 9.17) is 18.9 Å². The summed E-state index contributed by atoms with van der Waals surface area (Å²) in [5, 5.41) is 11.1. The molecule has 1 aliphatic heterocycles. The summed E-state index contributed by atoms with van der Waals surface area (Å²) >= 11 is 0. The molecular formula is C25H29NO6. The fourth-order valence-electron chi connectivity index (χ4n) is 3.68. The van der Waals surface area contributed by atoms with Crippen molar-refractivity contribution >= 4 is 0 Å². The Morgan fingerprint density at radius 1 is 1.03 bits per heavy atom. The van der Waals surface area contributed by atoms with Crippen LogP contribution >= 0.6 is 0 Å². The highest BCUT2D eigenvalue weighted by atomic mass is 16.8. The highest BCUT2D eigenvalue weighted by Crippen LogP contribution is 2.40. The zero-order chi connectivity index (χ0) is 23.0. The molecule has 32 heavy (non-hydrogen) atoms. The van der Waals surface area contributed by atoms with Crippen LogP contribution in [0.25, 0.3) is 0 Å². The number of rotatable bonds is 11. The van der Waals surface area contributed by atoms with E-state index < -0.39 is 28.5 Å². The lowest BCUT2D eigenvalue weighted by Gasteiger charge is -2.39. The summed E-state index contributed by atoms with van der Waals surface area (Å²) in [7, 11) is 0. The van der Waals surface area contributed by atoms with Gasteiger partial charge in [-0.25, -0.2) is 0 Å². The van der Waals surface area contributed by atoms with Crippen LogP contribution in [0.3, 0.4) is 0 Å². The summed E-state index contributed by atoms with van der Waals surface area (Å²) < 4.78 is 24.6. The van der Waals surface area contributed by atoms with Crippen molar-refractivity contribution in [3.63, 3.8) is 0 Å². The van der Waals surface area contributed by atoms with Crippen molar-refractivity contribution in [3.05, 3.63) is 107 Å². The third-order valence-corrected chi connectivity index (χ3v) is 5.19. The Labute approximate surface area is 188 Å². The molecule has 0 N–H and O–H groups in total. The van der Waals surface area contributed by atoms with Gasteiger partial charge in [0.2, 0.25) is 6.20 Å². The van der Waals surface area contributed by atoms with Crippen LogP contribution in [0.1, 0.15) is 25.0 Å². The van der Waals surface area contributed by atoms with Crippen molar-refractivity contribution in [3.8, 4) is 0 Å². The van der Waals surface area contributed by atoms with Crippen molar-refractivity contribution in [2.24, 2.45) is 0 Å². The second-order valence-electron chi connectivity index (χ2n) is 8.04. The molecule has 0 spiro atoms. The Hall–Kier alpha value is -2.84. The van der Waals surface area contributed by atoms with E-state index in [0.29, 0.717) is 6.61 Å². The highest BCUT2D eigenvalue weighted by Gasteiger charge is 2.55. The number of hydrogen-bond acceptors (Lipinski definition) is 6. The monoisotopic (exact) mass is 439 g/mol. The third kappa shape index (κ3) is 6.11. The topological polar surface area (TPSA) is 80.1 Å². The molecule has 0 radical (unpaired) electrons. The molecule has 0 aliphatic carbocycles. The second kappa shape index (κ2) is 10.7. The molecule has 2 aromatic rings. The van der Waals surface area contributed by atoms with Crippen molar-refractivity contribution in [2.45, 2.75) is 50.7 Å². The zero-order valence-corrected chi connectivity index (χ0v) is 18.4. The summed E-state index contributed by atoms with van der Waals surface area (Å²) in [6.07, 6.45) is 2.40. The Balaban J connectivity index is 1.90. The van der Waals surface area contributed by atoms with Crippen LogP contribution in [0, 0.1) is 10.1 Å². The van der Waals surface area contributed by atoms with Crippen LogP contribution in [0.4, 0.5) is 0 Å². The van der Waals surface area contributed by atoms with Crippen molar-refractivity contribution in [2.75, 3.05) is 6.61 Å². The fraction of sp³-hybridized carbons (Fsp3) is 0.360. The predicted molar refractivity (Wildman–Crippen MR) is 120 cm³/mol. The zero-order valence-electron chi connectivity index (χ0n) is 18.4. The molecule has 170 valence electrons. The molecule has 0 bridgehead atoms. The SMILES string of the molecule is C=C[C@@H](OCc1ccccc1)[C@]1([C@H](/C=C/[N+](=O)[O-])OCc2ccccc2)COC(C)(C)O1. The standard InChI is InChI=1S/C25H29NO6/c1-4-22(29-17-20-11-7-5-8-12-20)25(19-31-24(2,3)32-25)23(15-16-26(27)28)30-18-21-13-9-6-10-14-21/h4-16,22-23H,1,17-19H2,2-3H3/b16-15+/t22-,23+,25+/m1/s1. The van der Waals surface area contributed by atoms with E-state index in [1.807, 2.05) is 60.7 Å². The second-order valence-corrected chi connectivity index (χ2v) is 8.04. The maximum atomic E-state index is 11.1. The molecule has 2 aromatic carbocycles. The van der Waals surface area contributed by atoms with Crippen molar-refractivity contribution < 1.29 is 23.9 Å². The van der Waals surface area contributed by atoms with Crippen LogP contribution in [-0.4, -0.2) is 35.1 Å². The Morgan fingerprint density at radius 2 is 1.56 bits per heavy atom. The molecule has 1 heterocycles. The fourth-order valence-corrected chi connectivity index (χ4v) is 3.68. The first-order chi connectivity index (χ1) is 15.3. The number of nitro groups is 1. The van der Waals surface area contributed by atoms with E-state index in [-0.39, 0.29) is 13.2 Å². The number of ether oxygens (including phenoxy) is 4. The lowest BCUT2D eigenvalue weighted by atomic mass is 9.89. The third-order valence-electron chi connectivity index (χ3n) is 5.19. The van der Waals surface area contributed by atoms with Gasteiger partial charge in [0.25, 0.3) is 0 Å². The van der Waals surface area contributed by atoms with Gasteiger partial charge in [0.05, 0.1) is 24.7 Å². The van der Waals surface area contributed by atoms with Gasteiger partial charge in [-0.3, -0.25) is 10.1 Å². The first-order valence-corrected chi connectivity index (χ1v) is 10.4. The van der Waals surface area contributed by atoms with Gasteiger partial charge in [-0.1, -0.05) is 66.7 Å². The molecule has 0 unspecified atom stereocenters. The van der Waals surface area contributed by atoms with Gasteiger partial charge >= 0.3 is 0 Å². The van der Waals surface area contributed by atoms with E-state index in [1.165, 1.54) is 6.08 Å². The molecule has 3 atom stereocenters. The minimum atomic E-state index is -1.17. The quantitative estimate of drug-likeness (QED) is 0.288.